The van der Waals surface area contributed by atoms with Crippen LogP contribution >= 0.6 is 34.6 Å². The Kier molecular flexibility index (Phi) is 6.90. The largest absolute Gasteiger partial charge is 0.477 e. The monoisotopic (exact) mass is 565 g/mol. The molecular formula is C20H18FN8O5S3+. The maximum Gasteiger partial charge on any atom is 0.352 e. The first-order valence-electron chi connectivity index (χ1n) is 10.6. The van der Waals surface area contributed by atoms with E-state index in [0.717, 1.165) is 21.3 Å². The molecule has 37 heavy (non-hydrogen) atoms. The highest BCUT2D eigenvalue weighted by Crippen LogP contribution is 2.40. The molecule has 3 aromatic rings. The summed E-state index contributed by atoms with van der Waals surface area (Å²) >= 11 is 3.71. The molecule has 0 unspecified atom stereocenters. The third kappa shape index (κ3) is 4.79. The normalized spacial score (nSPS) is 19.9. The van der Waals surface area contributed by atoms with Gasteiger partial charge in [-0.05, 0) is 11.6 Å². The number of oxime groups is 1. The number of nitrogens with zero attached hydrogens (tertiary/aromatic N) is 6. The van der Waals surface area contributed by atoms with E-state index in [1.54, 1.807) is 17.4 Å². The van der Waals surface area contributed by atoms with Gasteiger partial charge in [0.25, 0.3) is 18.7 Å². The molecule has 0 saturated carbocycles. The molecule has 5 heterocycles. The van der Waals surface area contributed by atoms with E-state index in [0.29, 0.717) is 17.9 Å². The lowest BCUT2D eigenvalue weighted by molar-refractivity contribution is -0.685. The number of hydrogen-bond acceptors (Lipinski definition) is 11. The zero-order valence-electron chi connectivity index (χ0n) is 18.7. The number of anilines is 1. The predicted octanol–water partition coefficient (Wildman–Crippen LogP) is 0.365. The number of β-lactam (4-membered cyclic amide) rings is 1. The maximum atomic E-state index is 12.9. The van der Waals surface area contributed by atoms with Crippen molar-refractivity contribution in [3.05, 3.63) is 53.3 Å². The van der Waals surface area contributed by atoms with E-state index in [4.69, 9.17) is 5.73 Å². The number of carboxylic acid groups (broad SMARTS) is 1. The fourth-order valence-corrected chi connectivity index (χ4v) is 6.34. The van der Waals surface area contributed by atoms with Gasteiger partial charge in [0.2, 0.25) is 22.7 Å². The van der Waals surface area contributed by atoms with Gasteiger partial charge in [-0.2, -0.15) is 13.8 Å². The Morgan fingerprint density at radius 2 is 2.30 bits per heavy atom. The van der Waals surface area contributed by atoms with Crippen molar-refractivity contribution in [1.29, 1.82) is 0 Å². The number of amides is 2. The smallest absolute Gasteiger partial charge is 0.352 e. The third-order valence-corrected chi connectivity index (χ3v) is 8.07. The van der Waals surface area contributed by atoms with Crippen molar-refractivity contribution in [3.63, 3.8) is 0 Å². The van der Waals surface area contributed by atoms with E-state index in [2.05, 4.69) is 24.7 Å². The molecule has 2 amide bonds. The lowest BCUT2D eigenvalue weighted by Crippen LogP contribution is -2.71. The van der Waals surface area contributed by atoms with Gasteiger partial charge in [0, 0.05) is 22.7 Å². The third-order valence-electron chi connectivity index (χ3n) is 5.41. The van der Waals surface area contributed by atoms with Crippen LogP contribution in [0.1, 0.15) is 5.82 Å². The second kappa shape index (κ2) is 10.3. The Hall–Kier alpha value is -3.83. The van der Waals surface area contributed by atoms with Crippen molar-refractivity contribution in [1.82, 2.24) is 24.0 Å². The van der Waals surface area contributed by atoms with Crippen LogP contribution in [0.15, 0.2) is 52.7 Å². The molecular weight excluding hydrogens is 547 g/mol. The van der Waals surface area contributed by atoms with Gasteiger partial charge >= 0.3 is 5.97 Å². The highest BCUT2D eigenvalue weighted by Gasteiger charge is 2.54. The van der Waals surface area contributed by atoms with Crippen molar-refractivity contribution < 1.29 is 33.3 Å². The Labute approximate surface area is 219 Å². The number of rotatable bonds is 9. The average molecular weight is 566 g/mol. The lowest BCUT2D eigenvalue weighted by Gasteiger charge is -2.49. The standard InChI is InChI=1S/C20H17FN8O5S3/c21-8-34-25-12(15-24-20(22)37-26-15)16(30)23-13-17(31)29-14(19(32)33)10(7-36-18(13)29)2-1-3-27-6-11-28(9-27)4-5-35-11/h1-2,4-6,9,13,18H,3,7-8H2,(H3-,22,23,24,26,30,32,33)/p+1/b2-1?,25-12-/t13-,18-/m1/s1. The quantitative estimate of drug-likeness (QED) is 0.144. The number of nitrogens with one attached hydrogen (secondary N) is 1. The topological polar surface area (TPSA) is 168 Å². The predicted molar refractivity (Wildman–Crippen MR) is 132 cm³/mol. The van der Waals surface area contributed by atoms with Crippen LogP contribution < -0.4 is 15.6 Å². The molecule has 2 atom stereocenters. The summed E-state index contributed by atoms with van der Waals surface area (Å²) in [6.07, 6.45) is 9.37. The zero-order chi connectivity index (χ0) is 26.1. The molecule has 192 valence electrons. The number of carbonyl (C=O) groups is 3. The zero-order valence-corrected chi connectivity index (χ0v) is 21.1. The van der Waals surface area contributed by atoms with Crippen LogP contribution in [0.2, 0.25) is 0 Å². The number of imidazole rings is 1. The molecule has 3 aromatic heterocycles. The molecule has 0 aliphatic carbocycles. The minimum atomic E-state index is -1.30. The fraction of sp³-hybridized carbons (Fsp3) is 0.250. The Bertz CT molecular complexity index is 1450. The number of alkyl halides is 1. The summed E-state index contributed by atoms with van der Waals surface area (Å²) in [4.78, 5) is 48.2. The number of fused-ring (bicyclic) bond motifs is 2. The molecule has 1 saturated heterocycles. The molecule has 2 aliphatic heterocycles. The number of nitrogen functional groups attached to an aromatic ring is 1. The summed E-state index contributed by atoms with van der Waals surface area (Å²) in [6.45, 7) is -0.778. The number of nitrogens with two attached hydrogens (primary N) is 1. The molecule has 13 nitrogen and oxygen atoms in total. The Morgan fingerprint density at radius 1 is 1.46 bits per heavy atom. The molecule has 0 bridgehead atoms. The maximum absolute atomic E-state index is 12.9. The number of halogens is 1. The fourth-order valence-electron chi connectivity index (χ4n) is 3.83. The summed E-state index contributed by atoms with van der Waals surface area (Å²) in [5.74, 6) is -2.62. The van der Waals surface area contributed by atoms with Crippen LogP contribution in [0.4, 0.5) is 9.52 Å². The number of aromatic nitrogens is 4. The highest BCUT2D eigenvalue weighted by atomic mass is 32.2. The minimum absolute atomic E-state index is 0.0525. The van der Waals surface area contributed by atoms with Crippen LogP contribution in [0.3, 0.4) is 0 Å². The molecule has 0 radical (unpaired) electrons. The van der Waals surface area contributed by atoms with Crippen molar-refractivity contribution in [2.75, 3.05) is 18.3 Å². The van der Waals surface area contributed by atoms with Gasteiger partial charge < -0.3 is 21.0 Å². The molecule has 2 aliphatic rings. The molecule has 17 heteroatoms. The van der Waals surface area contributed by atoms with Crippen molar-refractivity contribution >= 4 is 68.1 Å². The minimum Gasteiger partial charge on any atom is -0.477 e. The van der Waals surface area contributed by atoms with Gasteiger partial charge in [0.05, 0.1) is 0 Å². The highest BCUT2D eigenvalue weighted by molar-refractivity contribution is 8.00. The first-order valence-corrected chi connectivity index (χ1v) is 13.3. The van der Waals surface area contributed by atoms with E-state index in [-0.39, 0.29) is 16.7 Å². The number of allylic oxidation sites excluding steroid dienone is 2. The Morgan fingerprint density at radius 3 is 3.00 bits per heavy atom. The van der Waals surface area contributed by atoms with Crippen LogP contribution in [0.25, 0.3) is 4.83 Å². The second-order valence-electron chi connectivity index (χ2n) is 7.67. The molecule has 5 rings (SSSR count). The van der Waals surface area contributed by atoms with E-state index >= 15 is 0 Å². The molecule has 4 N–H and O–H groups in total. The van der Waals surface area contributed by atoms with E-state index < -0.39 is 41.8 Å². The van der Waals surface area contributed by atoms with E-state index in [9.17, 15) is 23.9 Å². The van der Waals surface area contributed by atoms with Gasteiger partial charge in [-0.15, -0.1) is 11.8 Å². The molecule has 0 spiro atoms. The van der Waals surface area contributed by atoms with Crippen LogP contribution in [-0.2, 0) is 25.8 Å². The van der Waals surface area contributed by atoms with Gasteiger partial charge in [-0.3, -0.25) is 14.5 Å². The van der Waals surface area contributed by atoms with E-state index in [1.807, 2.05) is 39.1 Å². The molecule has 0 aromatic carbocycles. The molecule has 1 fully saturated rings. The van der Waals surface area contributed by atoms with E-state index in [1.165, 1.54) is 11.8 Å². The van der Waals surface area contributed by atoms with Crippen LogP contribution in [0.5, 0.6) is 0 Å². The lowest BCUT2D eigenvalue weighted by atomic mass is 10.0. The summed E-state index contributed by atoms with van der Waals surface area (Å²) in [5.41, 5.74) is 5.43. The summed E-state index contributed by atoms with van der Waals surface area (Å²) in [7, 11) is 0. The van der Waals surface area contributed by atoms with Gasteiger partial charge in [-0.1, -0.05) is 22.6 Å². The van der Waals surface area contributed by atoms with Crippen molar-refractivity contribution in [2.45, 2.75) is 18.0 Å². The number of carboxylic acids is 1. The average Bonchev–Trinajstić information content (AvgIpc) is 3.59. The number of aliphatic carboxylic acids is 1. The SMILES string of the molecule is Nc1nc(/C(=N/OCF)C(=O)N[C@@H]2C(=O)N3C(C(=O)O)=C(C=CC[n+]4cc5sccn5c4)CS[C@H]23)ns1. The first kappa shape index (κ1) is 24.8. The summed E-state index contributed by atoms with van der Waals surface area (Å²) in [5, 5.41) is 17.1. The summed E-state index contributed by atoms with van der Waals surface area (Å²) in [6, 6.07) is -1.03. The van der Waals surface area contributed by atoms with Gasteiger partial charge in [0.15, 0.2) is 5.13 Å². The van der Waals surface area contributed by atoms with Crippen LogP contribution in [0, 0.1) is 0 Å². The Balaban J connectivity index is 1.30. The first-order chi connectivity index (χ1) is 17.9. The number of hydrogen-bond donors (Lipinski definition) is 3. The van der Waals surface area contributed by atoms with Crippen molar-refractivity contribution in [2.24, 2.45) is 5.16 Å². The number of thioether (sulfide) groups is 1. The van der Waals surface area contributed by atoms with Crippen molar-refractivity contribution in [3.8, 4) is 0 Å². The van der Waals surface area contributed by atoms with Gasteiger partial charge in [0.1, 0.15) is 36.1 Å². The second-order valence-corrected chi connectivity index (χ2v) is 10.5. The number of carbonyl (C=O) groups excluding carboxylic acids is 2. The van der Waals surface area contributed by atoms with Gasteiger partial charge in [-0.25, -0.2) is 13.8 Å². The summed E-state index contributed by atoms with van der Waals surface area (Å²) < 4.78 is 20.3. The van der Waals surface area contributed by atoms with Crippen LogP contribution in [-0.4, -0.2) is 71.3 Å². The number of thiazole rings is 1.